The average molecular weight is 614 g/mol. The minimum Gasteiger partial charge on any atom is -0.493 e. The lowest BCUT2D eigenvalue weighted by Gasteiger charge is -2.16. The van der Waals surface area contributed by atoms with Gasteiger partial charge in [-0.1, -0.05) is 37.6 Å². The van der Waals surface area contributed by atoms with Crippen molar-refractivity contribution in [2.45, 2.75) is 46.5 Å². The van der Waals surface area contributed by atoms with Gasteiger partial charge in [0, 0.05) is 30.2 Å². The minimum atomic E-state index is -0.501. The number of anilines is 3. The zero-order valence-electron chi connectivity index (χ0n) is 26.3. The molecule has 4 aromatic rings. The van der Waals surface area contributed by atoms with E-state index in [-0.39, 0.29) is 23.1 Å². The molecule has 1 amide bonds. The Labute approximate surface area is 263 Å². The molecule has 1 aliphatic rings. The molecule has 0 aliphatic carbocycles. The second kappa shape index (κ2) is 14.9. The first-order valence-corrected chi connectivity index (χ1v) is 15.4. The van der Waals surface area contributed by atoms with Crippen LogP contribution in [0.1, 0.15) is 53.2 Å². The van der Waals surface area contributed by atoms with Crippen LogP contribution < -0.4 is 24.8 Å². The number of amides is 1. The van der Waals surface area contributed by atoms with Crippen LogP contribution in [0.15, 0.2) is 60.8 Å². The van der Waals surface area contributed by atoms with E-state index in [0.29, 0.717) is 29.5 Å². The van der Waals surface area contributed by atoms with Crippen LogP contribution in [0.4, 0.5) is 21.7 Å². The van der Waals surface area contributed by atoms with Gasteiger partial charge in [0.1, 0.15) is 12.2 Å². The number of nitrogens with zero attached hydrogens (tertiary/aromatic N) is 3. The molecule has 3 aromatic carbocycles. The summed E-state index contributed by atoms with van der Waals surface area (Å²) in [4.78, 5) is 24.8. The summed E-state index contributed by atoms with van der Waals surface area (Å²) >= 11 is 0. The van der Waals surface area contributed by atoms with Crippen LogP contribution in [0, 0.1) is 19.7 Å². The molecule has 1 aromatic heterocycles. The van der Waals surface area contributed by atoms with Crippen LogP contribution in [0.3, 0.4) is 0 Å². The number of rotatable bonds is 13. The zero-order valence-corrected chi connectivity index (χ0v) is 26.3. The van der Waals surface area contributed by atoms with Crippen molar-refractivity contribution in [2.24, 2.45) is 0 Å². The van der Waals surface area contributed by atoms with Gasteiger partial charge in [0.25, 0.3) is 5.91 Å². The lowest BCUT2D eigenvalue weighted by Crippen LogP contribution is -2.25. The van der Waals surface area contributed by atoms with E-state index in [1.165, 1.54) is 25.1 Å². The Morgan fingerprint density at radius 2 is 1.76 bits per heavy atom. The van der Waals surface area contributed by atoms with E-state index in [0.717, 1.165) is 49.2 Å². The Balaban J connectivity index is 1.39. The number of ether oxygens (including phenoxy) is 3. The Bertz CT molecular complexity index is 1620. The van der Waals surface area contributed by atoms with Crippen LogP contribution in [0.25, 0.3) is 0 Å². The summed E-state index contributed by atoms with van der Waals surface area (Å²) in [5, 5.41) is 5.99. The molecule has 2 N–H and O–H groups in total. The highest BCUT2D eigenvalue weighted by atomic mass is 19.1. The third-order valence-electron chi connectivity index (χ3n) is 7.74. The van der Waals surface area contributed by atoms with Crippen molar-refractivity contribution in [1.29, 1.82) is 0 Å². The quantitative estimate of drug-likeness (QED) is 0.160. The second-order valence-electron chi connectivity index (χ2n) is 11.1. The number of benzene rings is 3. The summed E-state index contributed by atoms with van der Waals surface area (Å²) < 4.78 is 32.4. The third kappa shape index (κ3) is 8.07. The maximum Gasteiger partial charge on any atom is 0.262 e. The predicted octanol–water partition coefficient (Wildman–Crippen LogP) is 7.46. The molecule has 0 saturated carbocycles. The Kier molecular flexibility index (Phi) is 10.5. The number of aryl methyl sites for hydroxylation is 3. The summed E-state index contributed by atoms with van der Waals surface area (Å²) in [6, 6.07) is 16.0. The topological polar surface area (TPSA) is 97.8 Å². The maximum absolute atomic E-state index is 14.9. The standard InChI is InChI=1S/C35H40FN5O4/c1-5-9-25-12-14-30(31(20-25)43-4)45-34-27(33(42)39-32-23(2)10-8-11-24(32)3)22-37-35(40-34)38-26-13-15-29(28(36)21-26)44-19-18-41-16-6-7-17-41/h8,10-15,20-22H,5-7,9,16-19H2,1-4H3,(H,39,42)(H,37,38,40). The first kappa shape index (κ1) is 31.7. The summed E-state index contributed by atoms with van der Waals surface area (Å²) in [6.45, 7) is 9.26. The Hall–Kier alpha value is -4.70. The molecule has 1 fully saturated rings. The number of halogens is 1. The number of para-hydroxylation sites is 1. The first-order chi connectivity index (χ1) is 21.8. The van der Waals surface area contributed by atoms with E-state index in [1.54, 1.807) is 25.3 Å². The van der Waals surface area contributed by atoms with Gasteiger partial charge in [-0.05, 0) is 87.2 Å². The molecule has 0 atom stereocenters. The molecule has 0 spiro atoms. The fourth-order valence-corrected chi connectivity index (χ4v) is 5.31. The highest BCUT2D eigenvalue weighted by Gasteiger charge is 2.21. The van der Waals surface area contributed by atoms with Gasteiger partial charge in [0.15, 0.2) is 23.1 Å². The molecule has 0 unspecified atom stereocenters. The Morgan fingerprint density at radius 1 is 1.00 bits per heavy atom. The number of likely N-dealkylation sites (tertiary alicyclic amines) is 1. The fraction of sp³-hybridized carbons (Fsp3) is 0.343. The predicted molar refractivity (Wildman–Crippen MR) is 174 cm³/mol. The van der Waals surface area contributed by atoms with Gasteiger partial charge < -0.3 is 24.8 Å². The van der Waals surface area contributed by atoms with Gasteiger partial charge in [-0.15, -0.1) is 0 Å². The SMILES string of the molecule is CCCc1ccc(Oc2nc(Nc3ccc(OCCN4CCCC4)c(F)c3)ncc2C(=O)Nc2c(C)cccc2C)c(OC)c1. The summed E-state index contributed by atoms with van der Waals surface area (Å²) in [5.41, 5.74) is 4.18. The summed E-state index contributed by atoms with van der Waals surface area (Å²) in [6.07, 6.45) is 5.65. The summed E-state index contributed by atoms with van der Waals surface area (Å²) in [5.74, 6) is 0.290. The molecule has 236 valence electrons. The monoisotopic (exact) mass is 613 g/mol. The number of methoxy groups -OCH3 is 1. The van der Waals surface area contributed by atoms with Crippen molar-refractivity contribution in [3.63, 3.8) is 0 Å². The van der Waals surface area contributed by atoms with E-state index >= 15 is 0 Å². The van der Waals surface area contributed by atoms with Crippen molar-refractivity contribution < 1.29 is 23.4 Å². The lowest BCUT2D eigenvalue weighted by molar-refractivity contribution is 0.102. The van der Waals surface area contributed by atoms with E-state index in [4.69, 9.17) is 14.2 Å². The van der Waals surface area contributed by atoms with Crippen molar-refractivity contribution in [2.75, 3.05) is 44.0 Å². The van der Waals surface area contributed by atoms with E-state index in [2.05, 4.69) is 32.4 Å². The number of nitrogens with one attached hydrogen (secondary N) is 2. The van der Waals surface area contributed by atoms with Crippen LogP contribution >= 0.6 is 0 Å². The van der Waals surface area contributed by atoms with Crippen molar-refractivity contribution in [3.05, 3.63) is 88.9 Å². The number of carbonyl (C=O) groups is 1. The molecule has 1 aliphatic heterocycles. The summed E-state index contributed by atoms with van der Waals surface area (Å²) in [7, 11) is 1.56. The number of hydrogen-bond donors (Lipinski definition) is 2. The highest BCUT2D eigenvalue weighted by Crippen LogP contribution is 2.34. The highest BCUT2D eigenvalue weighted by molar-refractivity contribution is 6.06. The first-order valence-electron chi connectivity index (χ1n) is 15.4. The molecule has 5 rings (SSSR count). The van der Waals surface area contributed by atoms with E-state index < -0.39 is 11.7 Å². The van der Waals surface area contributed by atoms with Crippen molar-refractivity contribution in [1.82, 2.24) is 14.9 Å². The molecular weight excluding hydrogens is 573 g/mol. The molecule has 0 bridgehead atoms. The Morgan fingerprint density at radius 3 is 2.47 bits per heavy atom. The maximum atomic E-state index is 14.9. The van der Waals surface area contributed by atoms with Crippen LogP contribution in [0.2, 0.25) is 0 Å². The van der Waals surface area contributed by atoms with Gasteiger partial charge in [-0.2, -0.15) is 4.98 Å². The number of aromatic nitrogens is 2. The molecule has 0 radical (unpaired) electrons. The molecule has 2 heterocycles. The second-order valence-corrected chi connectivity index (χ2v) is 11.1. The van der Waals surface area contributed by atoms with E-state index in [9.17, 15) is 9.18 Å². The van der Waals surface area contributed by atoms with Gasteiger partial charge in [0.2, 0.25) is 11.8 Å². The lowest BCUT2D eigenvalue weighted by atomic mass is 10.1. The van der Waals surface area contributed by atoms with Crippen LogP contribution in [-0.4, -0.2) is 54.1 Å². The molecule has 45 heavy (non-hydrogen) atoms. The van der Waals surface area contributed by atoms with Crippen LogP contribution in [0.5, 0.6) is 23.1 Å². The van der Waals surface area contributed by atoms with Crippen molar-refractivity contribution in [3.8, 4) is 23.1 Å². The number of hydrogen-bond acceptors (Lipinski definition) is 8. The normalized spacial score (nSPS) is 13.0. The van der Waals surface area contributed by atoms with Gasteiger partial charge in [-0.3, -0.25) is 9.69 Å². The van der Waals surface area contributed by atoms with Gasteiger partial charge in [-0.25, -0.2) is 9.37 Å². The largest absolute Gasteiger partial charge is 0.493 e. The van der Waals surface area contributed by atoms with Crippen LogP contribution in [-0.2, 0) is 6.42 Å². The number of carbonyl (C=O) groups excluding carboxylic acids is 1. The van der Waals surface area contributed by atoms with Gasteiger partial charge in [0.05, 0.1) is 7.11 Å². The molecule has 10 heteroatoms. The average Bonchev–Trinajstić information content (AvgIpc) is 3.55. The molecular formula is C35H40FN5O4. The fourth-order valence-electron chi connectivity index (χ4n) is 5.31. The van der Waals surface area contributed by atoms with Crippen molar-refractivity contribution >= 4 is 23.2 Å². The van der Waals surface area contributed by atoms with E-state index in [1.807, 2.05) is 44.2 Å². The minimum absolute atomic E-state index is 0.0140. The molecule has 1 saturated heterocycles. The smallest absolute Gasteiger partial charge is 0.262 e. The molecule has 9 nitrogen and oxygen atoms in total. The third-order valence-corrected chi connectivity index (χ3v) is 7.74. The zero-order chi connectivity index (χ0) is 31.8. The van der Waals surface area contributed by atoms with Gasteiger partial charge >= 0.3 is 0 Å².